The minimum absolute atomic E-state index is 0.120. The Kier molecular flexibility index (Phi) is 8.72. The van der Waals surface area contributed by atoms with Crippen molar-refractivity contribution in [2.45, 2.75) is 77.4 Å². The zero-order valence-electron chi connectivity index (χ0n) is 21.9. The Labute approximate surface area is 218 Å². The Morgan fingerprint density at radius 3 is 2.37 bits per heavy atom. The van der Waals surface area contributed by atoms with Crippen molar-refractivity contribution in [2.24, 2.45) is 5.41 Å². The molecular formula is C24H40BrN5O4Si. The molecule has 196 valence electrons. The first-order valence-corrected chi connectivity index (χ1v) is 16.9. The van der Waals surface area contributed by atoms with Crippen LogP contribution in [0.25, 0.3) is 0 Å². The number of hydrogen-bond donors (Lipinski definition) is 1. The summed E-state index contributed by atoms with van der Waals surface area (Å²) in [5.74, 6) is 0.850. The van der Waals surface area contributed by atoms with Crippen molar-refractivity contribution in [1.82, 2.24) is 20.2 Å². The Balaban J connectivity index is 1.68. The molecule has 2 aliphatic heterocycles. The van der Waals surface area contributed by atoms with E-state index in [1.807, 2.05) is 20.8 Å². The van der Waals surface area contributed by atoms with Crippen LogP contribution < -0.4 is 10.2 Å². The van der Waals surface area contributed by atoms with Gasteiger partial charge in [-0.25, -0.2) is 19.6 Å². The molecule has 1 aromatic heterocycles. The van der Waals surface area contributed by atoms with Gasteiger partial charge in [-0.1, -0.05) is 19.6 Å². The zero-order chi connectivity index (χ0) is 25.9. The van der Waals surface area contributed by atoms with Crippen LogP contribution in [0.4, 0.5) is 15.4 Å². The van der Waals surface area contributed by atoms with Crippen molar-refractivity contribution in [3.63, 3.8) is 0 Å². The number of nitrogens with one attached hydrogen (secondary N) is 1. The molecule has 3 heterocycles. The van der Waals surface area contributed by atoms with Gasteiger partial charge in [-0.15, -0.1) is 0 Å². The molecule has 0 bridgehead atoms. The lowest BCUT2D eigenvalue weighted by Crippen LogP contribution is -2.62. The molecule has 0 radical (unpaired) electrons. The number of halogens is 1. The fraction of sp³-hybridized carbons (Fsp3) is 0.750. The van der Waals surface area contributed by atoms with E-state index >= 15 is 0 Å². The monoisotopic (exact) mass is 569 g/mol. The van der Waals surface area contributed by atoms with Crippen molar-refractivity contribution < 1.29 is 19.1 Å². The summed E-state index contributed by atoms with van der Waals surface area (Å²) < 4.78 is 11.9. The van der Waals surface area contributed by atoms with Gasteiger partial charge in [0.2, 0.25) is 0 Å². The van der Waals surface area contributed by atoms with Crippen LogP contribution in [-0.4, -0.2) is 79.6 Å². The highest BCUT2D eigenvalue weighted by molar-refractivity contribution is 9.10. The van der Waals surface area contributed by atoms with Crippen LogP contribution >= 0.6 is 15.9 Å². The fourth-order valence-corrected chi connectivity index (χ4v) is 5.55. The first kappa shape index (κ1) is 27.7. The van der Waals surface area contributed by atoms with Gasteiger partial charge in [-0.2, -0.15) is 0 Å². The fourth-order valence-electron chi connectivity index (χ4n) is 4.64. The molecule has 1 N–H and O–H groups in total. The standard InChI is InChI=1S/C24H40BrN5O4Si/c1-23(2,3)34-21(31)28-18-17-30(22(32)33-13-14-35(4,5)6)12-9-24(18)7-10-29(11-8-24)20-16-26-19(25)15-27-20/h15-16,18H,7-14,17H2,1-6H3,(H,28,31). The number of piperidine rings is 2. The first-order chi connectivity index (χ1) is 16.3. The molecule has 0 aromatic carbocycles. The van der Waals surface area contributed by atoms with Crippen LogP contribution in [-0.2, 0) is 9.47 Å². The third kappa shape index (κ3) is 8.06. The highest BCUT2D eigenvalue weighted by Gasteiger charge is 2.47. The summed E-state index contributed by atoms with van der Waals surface area (Å²) in [5.41, 5.74) is -0.712. The van der Waals surface area contributed by atoms with Crippen molar-refractivity contribution in [2.75, 3.05) is 37.7 Å². The number of likely N-dealkylation sites (tertiary alicyclic amines) is 1. The Hall–Kier alpha value is -1.88. The number of alkyl carbamates (subject to hydrolysis) is 1. The van der Waals surface area contributed by atoms with E-state index in [0.717, 1.165) is 44.2 Å². The van der Waals surface area contributed by atoms with Crippen molar-refractivity contribution >= 4 is 42.0 Å². The molecule has 1 atom stereocenters. The van der Waals surface area contributed by atoms with E-state index in [2.05, 4.69) is 55.8 Å². The van der Waals surface area contributed by atoms with Crippen LogP contribution in [0.2, 0.25) is 25.7 Å². The molecule has 35 heavy (non-hydrogen) atoms. The summed E-state index contributed by atoms with van der Waals surface area (Å²) in [6.45, 7) is 15.4. The number of anilines is 1. The molecule has 1 spiro atoms. The third-order valence-electron chi connectivity index (χ3n) is 6.74. The summed E-state index contributed by atoms with van der Waals surface area (Å²) >= 11 is 3.34. The van der Waals surface area contributed by atoms with Crippen LogP contribution in [0.15, 0.2) is 17.0 Å². The lowest BCUT2D eigenvalue weighted by Gasteiger charge is -2.51. The average Bonchev–Trinajstić information content (AvgIpc) is 2.74. The molecule has 11 heteroatoms. The molecule has 0 saturated carbocycles. The molecule has 1 unspecified atom stereocenters. The normalized spacial score (nSPS) is 20.5. The van der Waals surface area contributed by atoms with Gasteiger partial charge in [0, 0.05) is 34.3 Å². The maximum absolute atomic E-state index is 12.8. The molecule has 2 fully saturated rings. The summed E-state index contributed by atoms with van der Waals surface area (Å²) in [5, 5.41) is 3.11. The predicted octanol–water partition coefficient (Wildman–Crippen LogP) is 4.90. The van der Waals surface area contributed by atoms with Gasteiger partial charge in [0.15, 0.2) is 0 Å². The number of amides is 2. The second-order valence-electron chi connectivity index (χ2n) is 11.9. The van der Waals surface area contributed by atoms with Crippen molar-refractivity contribution in [3.05, 3.63) is 17.0 Å². The number of ether oxygens (including phenoxy) is 2. The molecule has 2 aliphatic rings. The molecule has 2 saturated heterocycles. The Morgan fingerprint density at radius 1 is 1.14 bits per heavy atom. The number of nitrogens with zero attached hydrogens (tertiary/aromatic N) is 4. The number of hydrogen-bond acceptors (Lipinski definition) is 7. The second-order valence-corrected chi connectivity index (χ2v) is 18.3. The molecular weight excluding hydrogens is 530 g/mol. The maximum Gasteiger partial charge on any atom is 0.409 e. The minimum atomic E-state index is -1.29. The van der Waals surface area contributed by atoms with Gasteiger partial charge < -0.3 is 24.6 Å². The lowest BCUT2D eigenvalue weighted by atomic mass is 9.68. The average molecular weight is 571 g/mol. The van der Waals surface area contributed by atoms with Gasteiger partial charge in [-0.05, 0) is 67.4 Å². The van der Waals surface area contributed by atoms with Gasteiger partial charge in [-0.3, -0.25) is 0 Å². The number of carbonyl (C=O) groups excluding carboxylic acids is 2. The summed E-state index contributed by atoms with van der Waals surface area (Å²) in [4.78, 5) is 38.3. The summed E-state index contributed by atoms with van der Waals surface area (Å²) in [7, 11) is -1.29. The van der Waals surface area contributed by atoms with E-state index in [9.17, 15) is 9.59 Å². The van der Waals surface area contributed by atoms with Gasteiger partial charge >= 0.3 is 12.2 Å². The van der Waals surface area contributed by atoms with E-state index in [4.69, 9.17) is 9.47 Å². The summed E-state index contributed by atoms with van der Waals surface area (Å²) in [6.07, 6.45) is 5.30. The van der Waals surface area contributed by atoms with Crippen LogP contribution in [0, 0.1) is 5.41 Å². The van der Waals surface area contributed by atoms with E-state index in [-0.39, 0.29) is 17.6 Å². The van der Waals surface area contributed by atoms with Crippen molar-refractivity contribution in [1.29, 1.82) is 0 Å². The molecule has 2 amide bonds. The Morgan fingerprint density at radius 2 is 1.80 bits per heavy atom. The number of rotatable bonds is 5. The zero-order valence-corrected chi connectivity index (χ0v) is 24.5. The number of aromatic nitrogens is 2. The van der Waals surface area contributed by atoms with E-state index in [1.54, 1.807) is 17.3 Å². The first-order valence-electron chi connectivity index (χ1n) is 12.4. The van der Waals surface area contributed by atoms with E-state index < -0.39 is 19.8 Å². The molecule has 9 nitrogen and oxygen atoms in total. The third-order valence-corrected chi connectivity index (χ3v) is 8.85. The summed E-state index contributed by atoms with van der Waals surface area (Å²) in [6, 6.07) is 0.721. The lowest BCUT2D eigenvalue weighted by molar-refractivity contribution is 0.0123. The van der Waals surface area contributed by atoms with Crippen LogP contribution in [0.3, 0.4) is 0 Å². The molecule has 3 rings (SSSR count). The maximum atomic E-state index is 12.8. The minimum Gasteiger partial charge on any atom is -0.450 e. The van der Waals surface area contributed by atoms with Gasteiger partial charge in [0.05, 0.1) is 25.0 Å². The van der Waals surface area contributed by atoms with Crippen LogP contribution in [0.5, 0.6) is 0 Å². The van der Waals surface area contributed by atoms with E-state index in [0.29, 0.717) is 24.3 Å². The van der Waals surface area contributed by atoms with Gasteiger partial charge in [0.25, 0.3) is 0 Å². The van der Waals surface area contributed by atoms with Crippen molar-refractivity contribution in [3.8, 4) is 0 Å². The SMILES string of the molecule is CC(C)(C)OC(=O)NC1CN(C(=O)OCC[Si](C)(C)C)CCC12CCN(c1cnc(Br)cn1)CC2. The van der Waals surface area contributed by atoms with Crippen LogP contribution in [0.1, 0.15) is 40.0 Å². The molecule has 0 aliphatic carbocycles. The Bertz CT molecular complexity index is 879. The predicted molar refractivity (Wildman–Crippen MR) is 142 cm³/mol. The van der Waals surface area contributed by atoms with E-state index in [1.165, 1.54) is 0 Å². The highest BCUT2D eigenvalue weighted by atomic mass is 79.9. The topological polar surface area (TPSA) is 96.9 Å². The second kappa shape index (κ2) is 11.0. The number of carbonyl (C=O) groups is 2. The quantitative estimate of drug-likeness (QED) is 0.503. The highest BCUT2D eigenvalue weighted by Crippen LogP contribution is 2.42. The molecule has 1 aromatic rings. The largest absolute Gasteiger partial charge is 0.450 e. The smallest absolute Gasteiger partial charge is 0.409 e. The van der Waals surface area contributed by atoms with Gasteiger partial charge in [0.1, 0.15) is 16.0 Å².